The Kier molecular flexibility index (Phi) is 4.29. The van der Waals surface area contributed by atoms with Crippen LogP contribution in [0.15, 0.2) is 29.9 Å². The lowest BCUT2D eigenvalue weighted by Crippen LogP contribution is -2.37. The van der Waals surface area contributed by atoms with Gasteiger partial charge in [-0.1, -0.05) is 0 Å². The maximum atomic E-state index is 11.3. The van der Waals surface area contributed by atoms with Crippen LogP contribution in [0.2, 0.25) is 0 Å². The second-order valence-electron chi connectivity index (χ2n) is 5.53. The highest BCUT2D eigenvalue weighted by Gasteiger charge is 2.21. The Bertz CT molecular complexity index is 586. The lowest BCUT2D eigenvalue weighted by molar-refractivity contribution is -0.130. The van der Waals surface area contributed by atoms with Crippen molar-refractivity contribution in [3.8, 4) is 10.6 Å². The summed E-state index contributed by atoms with van der Waals surface area (Å²) in [5.41, 5.74) is 2.22. The summed E-state index contributed by atoms with van der Waals surface area (Å²) < 4.78 is 0. The topological polar surface area (TPSA) is 46.1 Å². The fourth-order valence-corrected chi connectivity index (χ4v) is 3.41. The number of hydrogen-bond donors (Lipinski definition) is 0. The van der Waals surface area contributed by atoms with E-state index in [1.165, 1.54) is 0 Å². The number of thiazole rings is 1. The van der Waals surface area contributed by atoms with E-state index in [1.54, 1.807) is 18.3 Å². The molecule has 0 unspecified atom stereocenters. The van der Waals surface area contributed by atoms with Crippen LogP contribution in [0.25, 0.3) is 10.6 Å². The fraction of sp³-hybridized carbons (Fsp3) is 0.438. The van der Waals surface area contributed by atoms with Gasteiger partial charge in [0.05, 0.1) is 0 Å². The Hall–Kier alpha value is -1.75. The molecule has 3 rings (SSSR count). The quantitative estimate of drug-likeness (QED) is 0.875. The SMILES string of the molecule is CC(=O)N1CCC(Cc2ccc(-c3nccs3)cn2)CC1. The Morgan fingerprint density at radius 3 is 2.71 bits per heavy atom. The molecule has 1 aliphatic heterocycles. The van der Waals surface area contributed by atoms with E-state index in [-0.39, 0.29) is 5.91 Å². The van der Waals surface area contributed by atoms with Gasteiger partial charge in [0.1, 0.15) is 5.01 Å². The van der Waals surface area contributed by atoms with Crippen LogP contribution in [0.1, 0.15) is 25.5 Å². The van der Waals surface area contributed by atoms with Gasteiger partial charge < -0.3 is 4.90 Å². The van der Waals surface area contributed by atoms with Crippen LogP contribution in [0.4, 0.5) is 0 Å². The van der Waals surface area contributed by atoms with Crippen molar-refractivity contribution in [3.05, 3.63) is 35.6 Å². The Balaban J connectivity index is 1.58. The number of rotatable bonds is 3. The number of amides is 1. The number of likely N-dealkylation sites (tertiary alicyclic amines) is 1. The number of hydrogen-bond acceptors (Lipinski definition) is 4. The number of pyridine rings is 1. The Morgan fingerprint density at radius 1 is 1.33 bits per heavy atom. The zero-order chi connectivity index (χ0) is 14.7. The monoisotopic (exact) mass is 301 g/mol. The van der Waals surface area contributed by atoms with E-state index in [2.05, 4.69) is 22.1 Å². The van der Waals surface area contributed by atoms with Gasteiger partial charge in [0.15, 0.2) is 0 Å². The average molecular weight is 301 g/mol. The lowest BCUT2D eigenvalue weighted by Gasteiger charge is -2.31. The molecule has 1 fully saturated rings. The second kappa shape index (κ2) is 6.35. The first-order valence-electron chi connectivity index (χ1n) is 7.32. The minimum Gasteiger partial charge on any atom is -0.343 e. The van der Waals surface area contributed by atoms with Crippen molar-refractivity contribution in [1.29, 1.82) is 0 Å². The summed E-state index contributed by atoms with van der Waals surface area (Å²) in [7, 11) is 0. The Morgan fingerprint density at radius 2 is 2.14 bits per heavy atom. The fourth-order valence-electron chi connectivity index (χ4n) is 2.79. The summed E-state index contributed by atoms with van der Waals surface area (Å²) in [6.07, 6.45) is 6.89. The van der Waals surface area contributed by atoms with Crippen LogP contribution in [-0.4, -0.2) is 33.9 Å². The standard InChI is InChI=1S/C16H19N3OS/c1-12(20)19-7-4-13(5-8-19)10-15-3-2-14(11-18-15)16-17-6-9-21-16/h2-3,6,9,11,13H,4-5,7-8,10H2,1H3. The van der Waals surface area contributed by atoms with Gasteiger partial charge in [-0.05, 0) is 37.3 Å². The van der Waals surface area contributed by atoms with Gasteiger partial charge in [-0.15, -0.1) is 11.3 Å². The molecule has 0 aromatic carbocycles. The van der Waals surface area contributed by atoms with Crippen molar-refractivity contribution in [2.24, 2.45) is 5.92 Å². The summed E-state index contributed by atoms with van der Waals surface area (Å²) in [4.78, 5) is 22.1. The third kappa shape index (κ3) is 3.47. The molecule has 0 saturated carbocycles. The normalized spacial score (nSPS) is 16.1. The largest absolute Gasteiger partial charge is 0.343 e. The van der Waals surface area contributed by atoms with E-state index in [1.807, 2.05) is 22.7 Å². The van der Waals surface area contributed by atoms with Gasteiger partial charge in [-0.3, -0.25) is 9.78 Å². The molecule has 0 atom stereocenters. The van der Waals surface area contributed by atoms with Crippen molar-refractivity contribution in [2.75, 3.05) is 13.1 Å². The number of piperidine rings is 1. The molecule has 0 radical (unpaired) electrons. The molecule has 0 aliphatic carbocycles. The highest BCUT2D eigenvalue weighted by molar-refractivity contribution is 7.13. The molecule has 0 N–H and O–H groups in total. The molecule has 4 nitrogen and oxygen atoms in total. The van der Waals surface area contributed by atoms with E-state index in [0.717, 1.165) is 48.6 Å². The van der Waals surface area contributed by atoms with E-state index >= 15 is 0 Å². The molecule has 1 aliphatic rings. The minimum atomic E-state index is 0.194. The van der Waals surface area contributed by atoms with Gasteiger partial charge >= 0.3 is 0 Å². The van der Waals surface area contributed by atoms with E-state index in [0.29, 0.717) is 5.92 Å². The number of aromatic nitrogens is 2. The van der Waals surface area contributed by atoms with Crippen LogP contribution in [0, 0.1) is 5.92 Å². The molecule has 2 aromatic rings. The predicted molar refractivity (Wildman–Crippen MR) is 84.0 cm³/mol. The highest BCUT2D eigenvalue weighted by Crippen LogP contribution is 2.24. The minimum absolute atomic E-state index is 0.194. The molecule has 1 saturated heterocycles. The Labute approximate surface area is 128 Å². The van der Waals surface area contributed by atoms with Crippen molar-refractivity contribution >= 4 is 17.2 Å². The summed E-state index contributed by atoms with van der Waals surface area (Å²) >= 11 is 1.63. The van der Waals surface area contributed by atoms with E-state index in [9.17, 15) is 4.79 Å². The molecule has 2 aromatic heterocycles. The van der Waals surface area contributed by atoms with Gasteiger partial charge in [0, 0.05) is 49.0 Å². The van der Waals surface area contributed by atoms with E-state index in [4.69, 9.17) is 0 Å². The molecule has 110 valence electrons. The summed E-state index contributed by atoms with van der Waals surface area (Å²) in [6.45, 7) is 3.42. The first kappa shape index (κ1) is 14.2. The van der Waals surface area contributed by atoms with Crippen molar-refractivity contribution < 1.29 is 4.79 Å². The summed E-state index contributed by atoms with van der Waals surface area (Å²) in [5, 5.41) is 3.00. The average Bonchev–Trinajstić information content (AvgIpc) is 3.03. The predicted octanol–water partition coefficient (Wildman–Crippen LogP) is 3.01. The smallest absolute Gasteiger partial charge is 0.219 e. The van der Waals surface area contributed by atoms with Crippen LogP contribution in [0.3, 0.4) is 0 Å². The molecule has 0 bridgehead atoms. The first-order valence-corrected chi connectivity index (χ1v) is 8.20. The maximum absolute atomic E-state index is 11.3. The van der Waals surface area contributed by atoms with Crippen molar-refractivity contribution in [1.82, 2.24) is 14.9 Å². The molecular weight excluding hydrogens is 282 g/mol. The third-order valence-electron chi connectivity index (χ3n) is 4.06. The highest BCUT2D eigenvalue weighted by atomic mass is 32.1. The van der Waals surface area contributed by atoms with Crippen LogP contribution >= 0.6 is 11.3 Å². The van der Waals surface area contributed by atoms with Crippen LogP contribution in [-0.2, 0) is 11.2 Å². The van der Waals surface area contributed by atoms with Crippen molar-refractivity contribution in [3.63, 3.8) is 0 Å². The molecule has 0 spiro atoms. The number of carbonyl (C=O) groups excluding carboxylic acids is 1. The van der Waals surface area contributed by atoms with Crippen molar-refractivity contribution in [2.45, 2.75) is 26.2 Å². The molecule has 1 amide bonds. The van der Waals surface area contributed by atoms with Crippen LogP contribution in [0.5, 0.6) is 0 Å². The van der Waals surface area contributed by atoms with Gasteiger partial charge in [-0.25, -0.2) is 4.98 Å². The van der Waals surface area contributed by atoms with Gasteiger partial charge in [0.2, 0.25) is 5.91 Å². The van der Waals surface area contributed by atoms with Gasteiger partial charge in [0.25, 0.3) is 0 Å². The first-order chi connectivity index (χ1) is 10.2. The van der Waals surface area contributed by atoms with E-state index < -0.39 is 0 Å². The summed E-state index contributed by atoms with van der Waals surface area (Å²) in [6, 6.07) is 4.21. The zero-order valence-electron chi connectivity index (χ0n) is 12.2. The van der Waals surface area contributed by atoms with Crippen LogP contribution < -0.4 is 0 Å². The number of nitrogens with zero attached hydrogens (tertiary/aromatic N) is 3. The third-order valence-corrected chi connectivity index (χ3v) is 4.88. The molecular formula is C16H19N3OS. The molecule has 3 heterocycles. The lowest BCUT2D eigenvalue weighted by atomic mass is 9.92. The molecule has 5 heteroatoms. The molecule has 21 heavy (non-hydrogen) atoms. The number of carbonyl (C=O) groups is 1. The second-order valence-corrected chi connectivity index (χ2v) is 6.42. The van der Waals surface area contributed by atoms with Gasteiger partial charge in [-0.2, -0.15) is 0 Å². The zero-order valence-corrected chi connectivity index (χ0v) is 13.0. The summed E-state index contributed by atoms with van der Waals surface area (Å²) in [5.74, 6) is 0.832. The maximum Gasteiger partial charge on any atom is 0.219 e.